The molecule has 0 aliphatic carbocycles. The van der Waals surface area contributed by atoms with E-state index < -0.39 is 35.0 Å². The van der Waals surface area contributed by atoms with E-state index >= 15 is 0 Å². The van der Waals surface area contributed by atoms with Crippen LogP contribution in [0.25, 0.3) is 6.08 Å². The first kappa shape index (κ1) is 27.7. The van der Waals surface area contributed by atoms with Crippen molar-refractivity contribution in [3.63, 3.8) is 0 Å². The van der Waals surface area contributed by atoms with Crippen LogP contribution in [0.15, 0.2) is 57.5 Å². The van der Waals surface area contributed by atoms with E-state index in [1.54, 1.807) is 6.07 Å². The third kappa shape index (κ3) is 5.18. The Bertz CT molecular complexity index is 1610. The Morgan fingerprint density at radius 3 is 2.42 bits per heavy atom. The second kappa shape index (κ2) is 10.8. The van der Waals surface area contributed by atoms with Crippen molar-refractivity contribution in [2.24, 2.45) is 4.99 Å². The average molecular weight is 587 g/mol. The highest BCUT2D eigenvalue weighted by atomic mass is 35.5. The number of methoxy groups -OCH3 is 2. The molecule has 0 unspecified atom stereocenters. The van der Waals surface area contributed by atoms with Gasteiger partial charge in [-0.05, 0) is 48.4 Å². The molecule has 38 heavy (non-hydrogen) atoms. The zero-order valence-electron chi connectivity index (χ0n) is 20.1. The van der Waals surface area contributed by atoms with Gasteiger partial charge in [0.05, 0.1) is 42.0 Å². The summed E-state index contributed by atoms with van der Waals surface area (Å²) in [4.78, 5) is 30.0. The summed E-state index contributed by atoms with van der Waals surface area (Å²) in [6.07, 6.45) is -3.56. The monoisotopic (exact) mass is 586 g/mol. The molecular formula is C25H19Cl2F3N2O5S. The Labute approximate surface area is 228 Å². The normalized spacial score (nSPS) is 15.7. The predicted octanol–water partition coefficient (Wildman–Crippen LogP) is 4.66. The maximum atomic E-state index is 14.2. The minimum Gasteiger partial charge on any atom is -0.493 e. The summed E-state index contributed by atoms with van der Waals surface area (Å²) in [7, 11) is 2.82. The molecule has 200 valence electrons. The Morgan fingerprint density at radius 1 is 1.16 bits per heavy atom. The molecule has 2 heterocycles. The number of hydrogen-bond acceptors (Lipinski definition) is 7. The van der Waals surface area contributed by atoms with Crippen LogP contribution in [0.5, 0.6) is 11.5 Å². The summed E-state index contributed by atoms with van der Waals surface area (Å²) in [6, 6.07) is 7.40. The number of fused-ring (bicyclic) bond motifs is 1. The largest absolute Gasteiger partial charge is 0.493 e. The molecule has 1 aromatic heterocycles. The van der Waals surface area contributed by atoms with Crippen molar-refractivity contribution in [2.75, 3.05) is 20.8 Å². The molecule has 0 saturated heterocycles. The summed E-state index contributed by atoms with van der Waals surface area (Å²) < 4.78 is 59.1. The Morgan fingerprint density at radius 2 is 1.84 bits per heavy atom. The zero-order valence-corrected chi connectivity index (χ0v) is 22.4. The van der Waals surface area contributed by atoms with Gasteiger partial charge in [0, 0.05) is 5.02 Å². The first-order valence-corrected chi connectivity index (χ1v) is 12.5. The van der Waals surface area contributed by atoms with Gasteiger partial charge in [-0.25, -0.2) is 9.79 Å². The van der Waals surface area contributed by atoms with Crippen LogP contribution >= 0.6 is 34.5 Å². The highest BCUT2D eigenvalue weighted by Crippen LogP contribution is 2.39. The molecule has 13 heteroatoms. The van der Waals surface area contributed by atoms with Crippen molar-refractivity contribution in [3.8, 4) is 11.5 Å². The van der Waals surface area contributed by atoms with Crippen molar-refractivity contribution < 1.29 is 32.2 Å². The minimum absolute atomic E-state index is 0.0534. The number of aromatic nitrogens is 1. The lowest BCUT2D eigenvalue weighted by atomic mass is 9.95. The van der Waals surface area contributed by atoms with Crippen LogP contribution < -0.4 is 24.4 Å². The topological polar surface area (TPSA) is 79.1 Å². The van der Waals surface area contributed by atoms with E-state index in [0.717, 1.165) is 15.9 Å². The molecule has 0 bridgehead atoms. The molecule has 0 fully saturated rings. The summed E-state index contributed by atoms with van der Waals surface area (Å²) in [5.41, 5.74) is -2.24. The number of carbonyl (C=O) groups excluding carboxylic acids is 1. The fraction of sp³-hybridized carbons (Fsp3) is 0.240. The van der Waals surface area contributed by atoms with Crippen molar-refractivity contribution in [2.45, 2.75) is 19.1 Å². The predicted molar refractivity (Wildman–Crippen MR) is 137 cm³/mol. The molecular weight excluding hydrogens is 568 g/mol. The third-order valence-corrected chi connectivity index (χ3v) is 7.05. The molecule has 4 rings (SSSR count). The van der Waals surface area contributed by atoms with Crippen molar-refractivity contribution in [3.05, 3.63) is 88.5 Å². The lowest BCUT2D eigenvalue weighted by Gasteiger charge is -2.26. The summed E-state index contributed by atoms with van der Waals surface area (Å²) in [6.45, 7) is 1.29. The first-order chi connectivity index (χ1) is 18.0. The second-order valence-electron chi connectivity index (χ2n) is 7.85. The quantitative estimate of drug-likeness (QED) is 0.392. The maximum absolute atomic E-state index is 14.2. The zero-order chi connectivity index (χ0) is 27.8. The summed E-state index contributed by atoms with van der Waals surface area (Å²) >= 11 is 13.0. The molecule has 0 radical (unpaired) electrons. The van der Waals surface area contributed by atoms with E-state index in [4.69, 9.17) is 37.4 Å². The number of hydrogen-bond donors (Lipinski definition) is 0. The lowest BCUT2D eigenvalue weighted by molar-refractivity contribution is -0.140. The number of thiazole rings is 1. The number of benzene rings is 2. The van der Waals surface area contributed by atoms with Gasteiger partial charge in [0.25, 0.3) is 5.56 Å². The highest BCUT2D eigenvalue weighted by molar-refractivity contribution is 7.07. The van der Waals surface area contributed by atoms with Gasteiger partial charge < -0.3 is 14.2 Å². The Kier molecular flexibility index (Phi) is 7.91. The van der Waals surface area contributed by atoms with Gasteiger partial charge in [-0.1, -0.05) is 46.7 Å². The molecule has 7 nitrogen and oxygen atoms in total. The third-order valence-electron chi connectivity index (χ3n) is 5.53. The number of ether oxygens (including phenoxy) is 3. The lowest BCUT2D eigenvalue weighted by Crippen LogP contribution is -2.41. The molecule has 3 aromatic rings. The van der Waals surface area contributed by atoms with E-state index in [9.17, 15) is 22.8 Å². The van der Waals surface area contributed by atoms with E-state index in [0.29, 0.717) is 16.3 Å². The van der Waals surface area contributed by atoms with Crippen LogP contribution in [0.3, 0.4) is 0 Å². The maximum Gasteiger partial charge on any atom is 0.434 e. The number of allylic oxidation sites excluding steroid dienone is 1. The van der Waals surface area contributed by atoms with Crippen LogP contribution in [-0.4, -0.2) is 37.5 Å². The number of nitrogens with zero attached hydrogens (tertiary/aromatic N) is 2. The number of esters is 1. The van der Waals surface area contributed by atoms with Gasteiger partial charge in [-0.3, -0.25) is 9.36 Å². The number of rotatable bonds is 6. The van der Waals surface area contributed by atoms with Crippen LogP contribution in [0, 0.1) is 0 Å². The Balaban J connectivity index is 2.03. The fourth-order valence-corrected chi connectivity index (χ4v) is 5.40. The number of alkyl halides is 3. The van der Waals surface area contributed by atoms with Crippen molar-refractivity contribution >= 4 is 46.6 Å². The summed E-state index contributed by atoms with van der Waals surface area (Å²) in [5, 5.41) is 0.526. The van der Waals surface area contributed by atoms with Crippen LogP contribution in [0.4, 0.5) is 13.2 Å². The molecule has 1 aliphatic heterocycles. The van der Waals surface area contributed by atoms with E-state index in [2.05, 4.69) is 4.99 Å². The molecule has 1 atom stereocenters. The van der Waals surface area contributed by atoms with Crippen molar-refractivity contribution in [1.82, 2.24) is 4.57 Å². The van der Waals surface area contributed by atoms with Gasteiger partial charge in [-0.15, -0.1) is 0 Å². The van der Waals surface area contributed by atoms with Gasteiger partial charge in [-0.2, -0.15) is 13.2 Å². The van der Waals surface area contributed by atoms with Gasteiger partial charge >= 0.3 is 12.1 Å². The SMILES string of the molecule is CCOC(=O)C1=C(C(F)(F)F)N=c2s/c(=C\c3cc(Cl)c(OC)c(OC)c3)c(=O)n2[C@H]1c1ccc(Cl)cc1. The minimum atomic E-state index is -5.00. The number of carbonyl (C=O) groups is 1. The second-order valence-corrected chi connectivity index (χ2v) is 9.71. The standard InChI is InChI=1S/C25H19Cl2F3N2O5S/c1-4-37-23(34)18-19(13-5-7-14(26)8-6-13)32-22(33)17(38-24(32)31-21(18)25(28,29)30)11-12-9-15(27)20(36-3)16(10-12)35-2/h5-11,19H,4H2,1-3H3/b17-11-/t19-/m0/s1. The Hall–Kier alpha value is -3.28. The van der Waals surface area contributed by atoms with E-state index in [1.807, 2.05) is 0 Å². The van der Waals surface area contributed by atoms with Crippen molar-refractivity contribution in [1.29, 1.82) is 0 Å². The summed E-state index contributed by atoms with van der Waals surface area (Å²) in [5.74, 6) is -0.657. The fourth-order valence-electron chi connectivity index (χ4n) is 3.97. The van der Waals surface area contributed by atoms with E-state index in [1.165, 1.54) is 57.6 Å². The first-order valence-electron chi connectivity index (χ1n) is 11.0. The van der Waals surface area contributed by atoms with Crippen LogP contribution in [-0.2, 0) is 9.53 Å². The molecule has 2 aromatic carbocycles. The molecule has 0 saturated carbocycles. The average Bonchev–Trinajstić information content (AvgIpc) is 3.17. The molecule has 0 spiro atoms. The van der Waals surface area contributed by atoms with Gasteiger partial charge in [0.2, 0.25) is 0 Å². The smallest absolute Gasteiger partial charge is 0.434 e. The van der Waals surface area contributed by atoms with Gasteiger partial charge in [0.1, 0.15) is 0 Å². The highest BCUT2D eigenvalue weighted by Gasteiger charge is 2.45. The molecule has 0 amide bonds. The molecule has 0 N–H and O–H groups in total. The number of halogens is 5. The van der Waals surface area contributed by atoms with Gasteiger partial charge in [0.15, 0.2) is 22.0 Å². The molecule has 1 aliphatic rings. The van der Waals surface area contributed by atoms with Crippen LogP contribution in [0.1, 0.15) is 24.1 Å². The van der Waals surface area contributed by atoms with E-state index in [-0.39, 0.29) is 32.3 Å². The van der Waals surface area contributed by atoms with Crippen LogP contribution in [0.2, 0.25) is 10.0 Å².